The van der Waals surface area contributed by atoms with Gasteiger partial charge in [-0.25, -0.2) is 0 Å². The van der Waals surface area contributed by atoms with Gasteiger partial charge in [-0.05, 0) is 38.3 Å². The van der Waals surface area contributed by atoms with Gasteiger partial charge in [-0.1, -0.05) is 48.6 Å². The van der Waals surface area contributed by atoms with E-state index in [9.17, 15) is 0 Å². The average Bonchev–Trinajstić information content (AvgIpc) is 2.57. The highest BCUT2D eigenvalue weighted by Gasteiger charge is 2.32. The van der Waals surface area contributed by atoms with Crippen molar-refractivity contribution in [3.63, 3.8) is 0 Å². The van der Waals surface area contributed by atoms with Gasteiger partial charge in [-0.3, -0.25) is 0 Å². The van der Waals surface area contributed by atoms with Crippen LogP contribution in [0.15, 0.2) is 29.5 Å². The highest BCUT2D eigenvalue weighted by molar-refractivity contribution is 6.83. The lowest BCUT2D eigenvalue weighted by atomic mass is 10.1. The first-order valence-corrected chi connectivity index (χ1v) is 9.36. The second-order valence-electron chi connectivity index (χ2n) is 6.55. The van der Waals surface area contributed by atoms with Gasteiger partial charge in [0.25, 0.3) is 0 Å². The number of benzene rings is 1. The summed E-state index contributed by atoms with van der Waals surface area (Å²) in [5.41, 5.74) is 3.10. The number of hydrogen-bond acceptors (Lipinski definition) is 1. The van der Waals surface area contributed by atoms with Gasteiger partial charge in [0.2, 0.25) is 0 Å². The quantitative estimate of drug-likeness (QED) is 0.786. The highest BCUT2D eigenvalue weighted by atomic mass is 35.5. The number of halogens is 2. The minimum absolute atomic E-state index is 0. The van der Waals surface area contributed by atoms with Crippen LogP contribution < -0.4 is 4.98 Å². The first-order chi connectivity index (χ1) is 7.78. The summed E-state index contributed by atoms with van der Waals surface area (Å²) in [6.45, 7) is 11.6. The zero-order chi connectivity index (χ0) is 12.7. The van der Waals surface area contributed by atoms with Gasteiger partial charge in [0.05, 0.1) is 0 Å². The van der Waals surface area contributed by atoms with Crippen LogP contribution >= 0.6 is 24.8 Å². The van der Waals surface area contributed by atoms with Gasteiger partial charge in [-0.2, -0.15) is 0 Å². The smallest absolute Gasteiger partial charge is 0.148 e. The first kappa shape index (κ1) is 18.7. The van der Waals surface area contributed by atoms with Crippen molar-refractivity contribution < 1.29 is 0 Å². The Morgan fingerprint density at radius 2 is 1.63 bits per heavy atom. The predicted octanol–water partition coefficient (Wildman–Crippen LogP) is 4.60. The molecule has 108 valence electrons. The minimum Gasteiger partial charge on any atom is -0.329 e. The monoisotopic (exact) mass is 317 g/mol. The summed E-state index contributed by atoms with van der Waals surface area (Å²) in [4.78, 5) is 3.84. The van der Waals surface area contributed by atoms with Gasteiger partial charge >= 0.3 is 0 Å². The van der Waals surface area contributed by atoms with Crippen LogP contribution in [0.3, 0.4) is 0 Å². The third kappa shape index (κ3) is 4.64. The summed E-state index contributed by atoms with van der Waals surface area (Å²) in [5, 5.41) is 1.62. The Morgan fingerprint density at radius 3 is 2.16 bits per heavy atom. The minimum atomic E-state index is -1.49. The summed E-state index contributed by atoms with van der Waals surface area (Å²) in [5.74, 6) is 0. The molecule has 0 unspecified atom stereocenters. The van der Waals surface area contributed by atoms with Gasteiger partial charge in [-0.15, -0.1) is 24.8 Å². The average molecular weight is 318 g/mol. The Balaban J connectivity index is 0.00000162. The molecule has 0 amide bonds. The lowest BCUT2D eigenvalue weighted by Crippen LogP contribution is -2.55. The molecule has 0 saturated heterocycles. The molecule has 1 aromatic carbocycles. The Morgan fingerprint density at radius 1 is 1.05 bits per heavy atom. The van der Waals surface area contributed by atoms with Gasteiger partial charge < -0.3 is 4.98 Å². The number of fused-ring (bicyclic) bond motifs is 1. The molecule has 0 fully saturated rings. The van der Waals surface area contributed by atoms with E-state index in [4.69, 9.17) is 0 Å². The van der Waals surface area contributed by atoms with Crippen LogP contribution in [0.25, 0.3) is 6.08 Å². The molecule has 1 aromatic rings. The molecule has 1 aliphatic carbocycles. The van der Waals surface area contributed by atoms with E-state index >= 15 is 0 Å². The largest absolute Gasteiger partial charge is 0.329 e. The van der Waals surface area contributed by atoms with Crippen molar-refractivity contribution in [1.82, 2.24) is 4.98 Å². The lowest BCUT2D eigenvalue weighted by Gasteiger charge is -2.34. The molecule has 1 nitrogen and oxygen atoms in total. The molecule has 1 aliphatic rings. The normalized spacial score (nSPS) is 14.1. The van der Waals surface area contributed by atoms with Crippen molar-refractivity contribution in [3.05, 3.63) is 40.6 Å². The topological polar surface area (TPSA) is 12.0 Å². The Hall–Kier alpha value is -0.283. The van der Waals surface area contributed by atoms with Crippen LogP contribution in [0.2, 0.25) is 13.1 Å². The Labute approximate surface area is 130 Å². The molecule has 0 saturated carbocycles. The maximum Gasteiger partial charge on any atom is 0.148 e. The van der Waals surface area contributed by atoms with Crippen LogP contribution in [0, 0.1) is 0 Å². The predicted molar refractivity (Wildman–Crippen MR) is 93.0 cm³/mol. The van der Waals surface area contributed by atoms with E-state index in [1.165, 1.54) is 11.1 Å². The van der Waals surface area contributed by atoms with Crippen molar-refractivity contribution in [3.8, 4) is 0 Å². The maximum absolute atomic E-state index is 3.84. The second kappa shape index (κ2) is 6.44. The summed E-state index contributed by atoms with van der Waals surface area (Å²) in [6, 6.07) is 8.75. The van der Waals surface area contributed by atoms with Gasteiger partial charge in [0.15, 0.2) is 0 Å². The van der Waals surface area contributed by atoms with Crippen LogP contribution in [-0.4, -0.2) is 13.8 Å². The fraction of sp³-hybridized carbons (Fsp3) is 0.467. The molecule has 19 heavy (non-hydrogen) atoms. The zero-order valence-electron chi connectivity index (χ0n) is 12.4. The summed E-state index contributed by atoms with van der Waals surface area (Å²) < 4.78 is 0. The third-order valence-corrected chi connectivity index (χ3v) is 6.56. The van der Waals surface area contributed by atoms with Crippen LogP contribution in [-0.2, 0) is 6.42 Å². The van der Waals surface area contributed by atoms with Gasteiger partial charge in [0, 0.05) is 5.54 Å². The van der Waals surface area contributed by atoms with Crippen molar-refractivity contribution in [1.29, 1.82) is 0 Å². The molecule has 0 aromatic heterocycles. The number of hydrogen-bond donors (Lipinski definition) is 1. The van der Waals surface area contributed by atoms with Crippen LogP contribution in [0.5, 0.6) is 0 Å². The molecule has 0 spiro atoms. The molecular formula is C15H25Cl2NSi. The Bertz CT molecular complexity index is 461. The third-order valence-electron chi connectivity index (χ3n) is 3.26. The molecule has 0 heterocycles. The molecule has 0 aliphatic heterocycles. The fourth-order valence-electron chi connectivity index (χ4n) is 2.70. The molecule has 2 rings (SSSR count). The van der Waals surface area contributed by atoms with Crippen molar-refractivity contribution in [2.75, 3.05) is 0 Å². The highest BCUT2D eigenvalue weighted by Crippen LogP contribution is 2.30. The van der Waals surface area contributed by atoms with Crippen molar-refractivity contribution in [2.24, 2.45) is 0 Å². The van der Waals surface area contributed by atoms with E-state index in [1.807, 2.05) is 0 Å². The van der Waals surface area contributed by atoms with Crippen LogP contribution in [0.4, 0.5) is 0 Å². The molecular weight excluding hydrogens is 293 g/mol. The Kier molecular flexibility index (Phi) is 6.35. The van der Waals surface area contributed by atoms with E-state index in [1.54, 1.807) is 5.20 Å². The summed E-state index contributed by atoms with van der Waals surface area (Å²) >= 11 is 0. The van der Waals surface area contributed by atoms with Crippen molar-refractivity contribution >= 4 is 39.1 Å². The van der Waals surface area contributed by atoms with Crippen LogP contribution in [0.1, 0.15) is 31.9 Å². The standard InChI is InChI=1S/C15H23NSi.2ClH/c1-15(2,3)16-17(4,5)14-10-12-8-6-7-9-13(12)11-14;;/h6-10,16H,11H2,1-5H3;2*1H. The zero-order valence-corrected chi connectivity index (χ0v) is 15.0. The van der Waals surface area contributed by atoms with Gasteiger partial charge in [0.1, 0.15) is 8.24 Å². The van der Waals surface area contributed by atoms with E-state index in [2.05, 4.69) is 69.2 Å². The number of nitrogens with one attached hydrogen (secondary N) is 1. The maximum atomic E-state index is 3.84. The molecule has 4 heteroatoms. The van der Waals surface area contributed by atoms with Crippen molar-refractivity contribution in [2.45, 2.75) is 45.8 Å². The van der Waals surface area contributed by atoms with E-state index in [-0.39, 0.29) is 30.4 Å². The number of rotatable bonds is 2. The fourth-order valence-corrected chi connectivity index (χ4v) is 5.88. The van der Waals surface area contributed by atoms with E-state index in [0.29, 0.717) is 0 Å². The SMILES string of the molecule is CC(C)(C)N[Si](C)(C)C1=Cc2ccccc2C1.Cl.Cl. The summed E-state index contributed by atoms with van der Waals surface area (Å²) in [6.07, 6.45) is 3.54. The molecule has 1 N–H and O–H groups in total. The lowest BCUT2D eigenvalue weighted by molar-refractivity contribution is 0.514. The molecule has 0 bridgehead atoms. The first-order valence-electron chi connectivity index (χ1n) is 6.36. The van der Waals surface area contributed by atoms with E-state index in [0.717, 1.165) is 6.42 Å². The molecule has 0 radical (unpaired) electrons. The molecule has 0 atom stereocenters. The second-order valence-corrected chi connectivity index (χ2v) is 10.7. The number of allylic oxidation sites excluding steroid dienone is 1. The summed E-state index contributed by atoms with van der Waals surface area (Å²) in [7, 11) is -1.49. The van der Waals surface area contributed by atoms with E-state index < -0.39 is 8.24 Å².